The fourth-order valence-electron chi connectivity index (χ4n) is 3.70. The summed E-state index contributed by atoms with van der Waals surface area (Å²) in [5, 5.41) is 13.9. The monoisotopic (exact) mass is 497 g/mol. The molecule has 1 aromatic heterocycles. The minimum atomic E-state index is -1.16. The lowest BCUT2D eigenvalue weighted by atomic mass is 9.93. The number of aromatic carboxylic acids is 1. The summed E-state index contributed by atoms with van der Waals surface area (Å²) in [4.78, 5) is 54.8. The van der Waals surface area contributed by atoms with Crippen LogP contribution >= 0.6 is 11.3 Å². The van der Waals surface area contributed by atoms with Gasteiger partial charge in [-0.15, -0.1) is 11.3 Å². The highest BCUT2D eigenvalue weighted by Gasteiger charge is 2.35. The second kappa shape index (κ2) is 13.4. The summed E-state index contributed by atoms with van der Waals surface area (Å²) in [6.45, 7) is 13.0. The van der Waals surface area contributed by atoms with Crippen LogP contribution in [0.3, 0.4) is 0 Å². The number of rotatable bonds is 13. The van der Waals surface area contributed by atoms with Crippen LogP contribution in [-0.4, -0.2) is 57.9 Å². The SMILES string of the molecule is CC[C@H](C)C(NC(=O)CC(C)C)C(=O)N(C)[C@H](C[C@@H](OC(C)=O)c1nc(C(=O)O)cs1)C(C)C. The van der Waals surface area contributed by atoms with Gasteiger partial charge < -0.3 is 20.1 Å². The molecule has 0 fully saturated rings. The molecular weight excluding hydrogens is 458 g/mol. The van der Waals surface area contributed by atoms with Crippen molar-refractivity contribution in [3.8, 4) is 0 Å². The normalized spacial score (nSPS) is 14.9. The van der Waals surface area contributed by atoms with Crippen molar-refractivity contribution in [2.24, 2.45) is 17.8 Å². The molecule has 1 unspecified atom stereocenters. The number of nitrogens with one attached hydrogen (secondary N) is 1. The Morgan fingerprint density at radius 2 is 1.79 bits per heavy atom. The average molecular weight is 498 g/mol. The van der Waals surface area contributed by atoms with E-state index in [4.69, 9.17) is 4.74 Å². The molecule has 9 nitrogen and oxygen atoms in total. The van der Waals surface area contributed by atoms with Crippen LogP contribution in [0.2, 0.25) is 0 Å². The molecule has 0 spiro atoms. The zero-order valence-corrected chi connectivity index (χ0v) is 22.3. The molecule has 0 bridgehead atoms. The molecule has 2 N–H and O–H groups in total. The van der Waals surface area contributed by atoms with Gasteiger partial charge in [0.05, 0.1) is 0 Å². The van der Waals surface area contributed by atoms with E-state index in [1.54, 1.807) is 11.9 Å². The third-order valence-corrected chi connectivity index (χ3v) is 6.72. The van der Waals surface area contributed by atoms with Crippen molar-refractivity contribution in [1.82, 2.24) is 15.2 Å². The lowest BCUT2D eigenvalue weighted by molar-refractivity contribution is -0.149. The second-order valence-electron chi connectivity index (χ2n) is 9.50. The number of carbonyl (C=O) groups is 4. The Bertz CT molecular complexity index is 854. The molecule has 0 aliphatic rings. The van der Waals surface area contributed by atoms with Crippen LogP contribution in [0.5, 0.6) is 0 Å². The van der Waals surface area contributed by atoms with Crippen molar-refractivity contribution in [3.63, 3.8) is 0 Å². The van der Waals surface area contributed by atoms with Gasteiger partial charge in [-0.25, -0.2) is 9.78 Å². The average Bonchev–Trinajstić information content (AvgIpc) is 3.23. The maximum Gasteiger partial charge on any atom is 0.355 e. The second-order valence-corrected chi connectivity index (χ2v) is 10.4. The van der Waals surface area contributed by atoms with Gasteiger partial charge in [-0.1, -0.05) is 48.0 Å². The van der Waals surface area contributed by atoms with E-state index in [1.807, 2.05) is 41.5 Å². The first-order valence-electron chi connectivity index (χ1n) is 11.7. The van der Waals surface area contributed by atoms with Crippen molar-refractivity contribution in [3.05, 3.63) is 16.1 Å². The molecular formula is C24H39N3O6S. The smallest absolute Gasteiger partial charge is 0.355 e. The predicted octanol–water partition coefficient (Wildman–Crippen LogP) is 3.90. The van der Waals surface area contributed by atoms with Crippen LogP contribution in [0.1, 0.15) is 89.3 Å². The van der Waals surface area contributed by atoms with Crippen LogP contribution in [0, 0.1) is 17.8 Å². The lowest BCUT2D eigenvalue weighted by Gasteiger charge is -2.37. The first-order chi connectivity index (χ1) is 15.8. The van der Waals surface area contributed by atoms with Crippen molar-refractivity contribution in [2.45, 2.75) is 85.9 Å². The maximum absolute atomic E-state index is 13.6. The van der Waals surface area contributed by atoms with Gasteiger partial charge in [-0.2, -0.15) is 0 Å². The first kappa shape index (κ1) is 29.5. The molecule has 0 aliphatic carbocycles. The molecule has 10 heteroatoms. The molecule has 192 valence electrons. The number of esters is 1. The molecule has 0 aromatic carbocycles. The fourth-order valence-corrected chi connectivity index (χ4v) is 4.53. The van der Waals surface area contributed by atoms with Crippen molar-refractivity contribution in [2.75, 3.05) is 7.05 Å². The molecule has 4 atom stereocenters. The van der Waals surface area contributed by atoms with E-state index in [-0.39, 0.29) is 47.7 Å². The summed E-state index contributed by atoms with van der Waals surface area (Å²) in [5.74, 6) is -1.96. The molecule has 1 rings (SSSR count). The number of hydrogen-bond donors (Lipinski definition) is 2. The van der Waals surface area contributed by atoms with Crippen molar-refractivity contribution >= 4 is 35.1 Å². The van der Waals surface area contributed by atoms with Gasteiger partial charge in [-0.3, -0.25) is 14.4 Å². The number of ether oxygens (including phenoxy) is 1. The Hall–Kier alpha value is -2.49. The molecule has 0 saturated heterocycles. The summed E-state index contributed by atoms with van der Waals surface area (Å²) in [6, 6.07) is -1.02. The summed E-state index contributed by atoms with van der Waals surface area (Å²) >= 11 is 1.10. The van der Waals surface area contributed by atoms with Crippen LogP contribution < -0.4 is 5.32 Å². The quantitative estimate of drug-likeness (QED) is 0.396. The molecule has 34 heavy (non-hydrogen) atoms. The number of carboxylic acids is 1. The third-order valence-electron chi connectivity index (χ3n) is 5.78. The number of carbonyl (C=O) groups excluding carboxylic acids is 3. The third kappa shape index (κ3) is 8.70. The standard InChI is InChI=1S/C24H39N3O6S/c1-9-15(6)21(26-20(29)10-13(2)3)23(30)27(8)18(14(4)5)11-19(33-16(7)28)22-25-17(12-34-22)24(31)32/h12-15,18-19,21H,9-11H2,1-8H3,(H,26,29)(H,31,32)/t15-,18+,19+,21?/m0/s1. The van der Waals surface area contributed by atoms with Gasteiger partial charge in [-0.05, 0) is 17.8 Å². The van der Waals surface area contributed by atoms with Gasteiger partial charge in [0.1, 0.15) is 11.0 Å². The molecule has 0 saturated carbocycles. The van der Waals surface area contributed by atoms with E-state index >= 15 is 0 Å². The summed E-state index contributed by atoms with van der Waals surface area (Å²) in [5.41, 5.74) is -0.118. The minimum absolute atomic E-state index is 0.00476. The minimum Gasteiger partial charge on any atom is -0.476 e. The van der Waals surface area contributed by atoms with E-state index in [1.165, 1.54) is 12.3 Å². The van der Waals surface area contributed by atoms with Gasteiger partial charge in [0.2, 0.25) is 11.8 Å². The Morgan fingerprint density at radius 1 is 1.18 bits per heavy atom. The van der Waals surface area contributed by atoms with Crippen molar-refractivity contribution in [1.29, 1.82) is 0 Å². The summed E-state index contributed by atoms with van der Waals surface area (Å²) < 4.78 is 5.49. The Morgan fingerprint density at radius 3 is 2.24 bits per heavy atom. The fraction of sp³-hybridized carbons (Fsp3) is 0.708. The van der Waals surface area contributed by atoms with Gasteiger partial charge >= 0.3 is 11.9 Å². The number of amides is 2. The van der Waals surface area contributed by atoms with Crippen LogP contribution in [0.15, 0.2) is 5.38 Å². The summed E-state index contributed by atoms with van der Waals surface area (Å²) in [6.07, 6.45) is 0.503. The van der Waals surface area contributed by atoms with Crippen LogP contribution in [0.25, 0.3) is 0 Å². The molecule has 0 radical (unpaired) electrons. The number of nitrogens with zero attached hydrogens (tertiary/aromatic N) is 2. The largest absolute Gasteiger partial charge is 0.476 e. The Labute approximate surface area is 206 Å². The lowest BCUT2D eigenvalue weighted by Crippen LogP contribution is -2.54. The molecule has 1 heterocycles. The number of thiazole rings is 1. The van der Waals surface area contributed by atoms with Crippen molar-refractivity contribution < 1.29 is 29.0 Å². The van der Waals surface area contributed by atoms with E-state index in [9.17, 15) is 24.3 Å². The Balaban J connectivity index is 3.19. The topological polar surface area (TPSA) is 126 Å². The highest BCUT2D eigenvalue weighted by Crippen LogP contribution is 2.31. The number of aromatic nitrogens is 1. The molecule has 0 aliphatic heterocycles. The van der Waals surface area contributed by atoms with Crippen LogP contribution in [-0.2, 0) is 19.1 Å². The van der Waals surface area contributed by atoms with Gasteiger partial charge in [0.25, 0.3) is 0 Å². The van der Waals surface area contributed by atoms with Gasteiger partial charge in [0, 0.05) is 38.2 Å². The van der Waals surface area contributed by atoms with E-state index < -0.39 is 24.1 Å². The zero-order valence-electron chi connectivity index (χ0n) is 21.5. The zero-order chi connectivity index (χ0) is 26.2. The highest BCUT2D eigenvalue weighted by molar-refractivity contribution is 7.09. The van der Waals surface area contributed by atoms with E-state index in [0.717, 1.165) is 11.3 Å². The van der Waals surface area contributed by atoms with E-state index in [2.05, 4.69) is 10.3 Å². The first-order valence-corrected chi connectivity index (χ1v) is 12.6. The predicted molar refractivity (Wildman–Crippen MR) is 130 cm³/mol. The Kier molecular flexibility index (Phi) is 11.7. The van der Waals surface area contributed by atoms with Gasteiger partial charge in [0.15, 0.2) is 11.8 Å². The number of hydrogen-bond acceptors (Lipinski definition) is 7. The van der Waals surface area contributed by atoms with E-state index in [0.29, 0.717) is 17.8 Å². The van der Waals surface area contributed by atoms with Crippen LogP contribution in [0.4, 0.5) is 0 Å². The maximum atomic E-state index is 13.6. The summed E-state index contributed by atoms with van der Waals surface area (Å²) in [7, 11) is 1.69. The molecule has 2 amide bonds. The molecule has 1 aromatic rings. The highest BCUT2D eigenvalue weighted by atomic mass is 32.1. The number of likely N-dealkylation sites (N-methyl/N-ethyl adjacent to an activating group) is 1. The number of carboxylic acid groups (broad SMARTS) is 1.